The van der Waals surface area contributed by atoms with Gasteiger partial charge in [-0.25, -0.2) is 4.79 Å². The third kappa shape index (κ3) is 2.22. The van der Waals surface area contributed by atoms with Crippen LogP contribution in [0.5, 0.6) is 0 Å². The Balaban J connectivity index is 1.99. The van der Waals surface area contributed by atoms with E-state index >= 15 is 0 Å². The first-order valence-corrected chi connectivity index (χ1v) is 6.65. The van der Waals surface area contributed by atoms with Crippen molar-refractivity contribution in [3.8, 4) is 0 Å². The van der Waals surface area contributed by atoms with Gasteiger partial charge in [-0.2, -0.15) is 0 Å². The summed E-state index contributed by atoms with van der Waals surface area (Å²) >= 11 is 6.03. The lowest BCUT2D eigenvalue weighted by Crippen LogP contribution is -2.24. The van der Waals surface area contributed by atoms with E-state index in [2.05, 4.69) is 0 Å². The molecule has 7 heteroatoms. The van der Waals surface area contributed by atoms with E-state index in [1.54, 1.807) is 23.0 Å². The molecule has 0 N–H and O–H groups in total. The zero-order chi connectivity index (χ0) is 14.3. The van der Waals surface area contributed by atoms with Crippen molar-refractivity contribution in [1.29, 1.82) is 0 Å². The zero-order valence-corrected chi connectivity index (χ0v) is 11.3. The highest BCUT2D eigenvalue weighted by atomic mass is 35.5. The summed E-state index contributed by atoms with van der Waals surface area (Å²) in [6, 6.07) is 4.80. The maximum absolute atomic E-state index is 12.2. The van der Waals surface area contributed by atoms with Crippen LogP contribution in [0, 0.1) is 10.1 Å². The fourth-order valence-electron chi connectivity index (χ4n) is 2.22. The van der Waals surface area contributed by atoms with E-state index in [1.165, 1.54) is 16.7 Å². The molecule has 3 rings (SSSR count). The molecule has 0 radical (unpaired) electrons. The summed E-state index contributed by atoms with van der Waals surface area (Å²) in [7, 11) is 0. The molecule has 1 saturated carbocycles. The minimum absolute atomic E-state index is 0.0661. The van der Waals surface area contributed by atoms with Gasteiger partial charge < -0.3 is 0 Å². The fraction of sp³-hybridized carbons (Fsp3) is 0.308. The van der Waals surface area contributed by atoms with Crippen LogP contribution in [-0.4, -0.2) is 14.1 Å². The predicted molar refractivity (Wildman–Crippen MR) is 74.2 cm³/mol. The molecule has 0 bridgehead atoms. The summed E-state index contributed by atoms with van der Waals surface area (Å²) in [5.74, 6) is 0. The summed E-state index contributed by atoms with van der Waals surface area (Å²) in [4.78, 5) is 22.7. The lowest BCUT2D eigenvalue weighted by molar-refractivity contribution is -0.385. The van der Waals surface area contributed by atoms with Crippen molar-refractivity contribution in [2.24, 2.45) is 0 Å². The van der Waals surface area contributed by atoms with Crippen LogP contribution >= 0.6 is 11.6 Å². The largest absolute Gasteiger partial charge is 0.328 e. The normalized spacial score (nSPS) is 14.4. The number of hydrogen-bond acceptors (Lipinski definition) is 3. The minimum Gasteiger partial charge on any atom is -0.296 e. The molecule has 20 heavy (non-hydrogen) atoms. The van der Waals surface area contributed by atoms with E-state index in [1.807, 2.05) is 0 Å². The van der Waals surface area contributed by atoms with Gasteiger partial charge in [-0.1, -0.05) is 17.7 Å². The van der Waals surface area contributed by atoms with Crippen molar-refractivity contribution in [3.63, 3.8) is 0 Å². The first-order chi connectivity index (χ1) is 9.58. The van der Waals surface area contributed by atoms with Crippen molar-refractivity contribution >= 4 is 17.3 Å². The fourth-order valence-corrected chi connectivity index (χ4v) is 2.45. The van der Waals surface area contributed by atoms with E-state index in [4.69, 9.17) is 11.6 Å². The quantitative estimate of drug-likeness (QED) is 0.642. The first kappa shape index (κ1) is 12.9. The Kier molecular flexibility index (Phi) is 3.10. The van der Waals surface area contributed by atoms with E-state index in [0.29, 0.717) is 10.6 Å². The van der Waals surface area contributed by atoms with E-state index in [0.717, 1.165) is 12.8 Å². The highest BCUT2D eigenvalue weighted by molar-refractivity contribution is 6.31. The SMILES string of the molecule is O=c1n(Cc2c(Cl)cccc2[N+](=O)[O-])ccn1C1CC1. The number of nitrogens with zero attached hydrogens (tertiary/aromatic N) is 3. The zero-order valence-electron chi connectivity index (χ0n) is 10.5. The van der Waals surface area contributed by atoms with Crippen LogP contribution < -0.4 is 5.69 Å². The highest BCUT2D eigenvalue weighted by Crippen LogP contribution is 2.33. The second-order valence-corrected chi connectivity index (χ2v) is 5.25. The molecule has 0 spiro atoms. The smallest absolute Gasteiger partial charge is 0.296 e. The Labute approximate surface area is 119 Å². The number of halogens is 1. The molecule has 2 aromatic rings. The second-order valence-electron chi connectivity index (χ2n) is 4.84. The van der Waals surface area contributed by atoms with Crippen LogP contribution in [-0.2, 0) is 6.54 Å². The third-order valence-electron chi connectivity index (χ3n) is 3.43. The van der Waals surface area contributed by atoms with Crippen LogP contribution in [0.4, 0.5) is 5.69 Å². The molecule has 1 aliphatic carbocycles. The van der Waals surface area contributed by atoms with Crippen molar-refractivity contribution in [2.45, 2.75) is 25.4 Å². The molecule has 6 nitrogen and oxygen atoms in total. The summed E-state index contributed by atoms with van der Waals surface area (Å²) in [6.45, 7) is 0.106. The van der Waals surface area contributed by atoms with Gasteiger partial charge in [-0.15, -0.1) is 0 Å². The molecule has 1 aromatic heterocycles. The van der Waals surface area contributed by atoms with E-state index < -0.39 is 4.92 Å². The Hall–Kier alpha value is -2.08. The molecule has 1 heterocycles. The highest BCUT2D eigenvalue weighted by Gasteiger charge is 2.26. The van der Waals surface area contributed by atoms with Crippen molar-refractivity contribution < 1.29 is 4.92 Å². The number of aromatic nitrogens is 2. The van der Waals surface area contributed by atoms with Gasteiger partial charge in [0.15, 0.2) is 0 Å². The molecule has 0 unspecified atom stereocenters. The molecular weight excluding hydrogens is 282 g/mol. The molecule has 0 amide bonds. The molecule has 1 fully saturated rings. The van der Waals surface area contributed by atoms with Gasteiger partial charge in [0.25, 0.3) is 5.69 Å². The number of benzene rings is 1. The Bertz CT molecular complexity index is 731. The average Bonchev–Trinajstić information content (AvgIpc) is 3.18. The molecule has 1 aliphatic rings. The molecule has 1 aromatic carbocycles. The topological polar surface area (TPSA) is 70.1 Å². The monoisotopic (exact) mass is 293 g/mol. The lowest BCUT2D eigenvalue weighted by Gasteiger charge is -2.05. The third-order valence-corrected chi connectivity index (χ3v) is 3.79. The predicted octanol–water partition coefficient (Wildman–Crippen LogP) is 2.59. The van der Waals surface area contributed by atoms with Gasteiger partial charge in [-0.05, 0) is 18.9 Å². The van der Waals surface area contributed by atoms with Crippen LogP contribution in [0.2, 0.25) is 5.02 Å². The summed E-state index contributed by atoms with van der Waals surface area (Å²) < 4.78 is 3.12. The Morgan fingerprint density at radius 3 is 2.75 bits per heavy atom. The molecule has 0 atom stereocenters. The van der Waals surface area contributed by atoms with Gasteiger partial charge in [0.2, 0.25) is 0 Å². The van der Waals surface area contributed by atoms with Crippen molar-refractivity contribution in [2.75, 3.05) is 0 Å². The van der Waals surface area contributed by atoms with Gasteiger partial charge >= 0.3 is 5.69 Å². The number of rotatable bonds is 4. The number of imidazole rings is 1. The van der Waals surface area contributed by atoms with Gasteiger partial charge in [0.1, 0.15) is 0 Å². The molecule has 104 valence electrons. The number of hydrogen-bond donors (Lipinski definition) is 0. The maximum atomic E-state index is 12.2. The summed E-state index contributed by atoms with van der Waals surface area (Å²) in [5, 5.41) is 11.3. The summed E-state index contributed by atoms with van der Waals surface area (Å²) in [5.41, 5.74) is 0.139. The number of nitro benzene ring substituents is 1. The van der Waals surface area contributed by atoms with E-state index in [9.17, 15) is 14.9 Å². The lowest BCUT2D eigenvalue weighted by atomic mass is 10.2. The van der Waals surface area contributed by atoms with Crippen molar-refractivity contribution in [3.05, 3.63) is 61.8 Å². The molecule has 0 saturated heterocycles. The Morgan fingerprint density at radius 2 is 2.10 bits per heavy atom. The maximum Gasteiger partial charge on any atom is 0.328 e. The second kappa shape index (κ2) is 4.79. The standard InChI is InChI=1S/C13H12ClN3O3/c14-11-2-1-3-12(17(19)20)10(11)8-15-6-7-16(13(15)18)9-4-5-9/h1-3,6-7,9H,4-5,8H2. The van der Waals surface area contributed by atoms with Gasteiger partial charge in [0, 0.05) is 24.5 Å². The van der Waals surface area contributed by atoms with Crippen LogP contribution in [0.15, 0.2) is 35.4 Å². The van der Waals surface area contributed by atoms with Crippen molar-refractivity contribution in [1.82, 2.24) is 9.13 Å². The number of nitro groups is 1. The van der Waals surface area contributed by atoms with Crippen LogP contribution in [0.3, 0.4) is 0 Å². The molecular formula is C13H12ClN3O3. The molecule has 0 aliphatic heterocycles. The van der Waals surface area contributed by atoms with Gasteiger partial charge in [-0.3, -0.25) is 19.2 Å². The first-order valence-electron chi connectivity index (χ1n) is 6.27. The van der Waals surface area contributed by atoms with Crippen LogP contribution in [0.1, 0.15) is 24.4 Å². The van der Waals surface area contributed by atoms with E-state index in [-0.39, 0.29) is 24.0 Å². The minimum atomic E-state index is -0.482. The van der Waals surface area contributed by atoms with Gasteiger partial charge in [0.05, 0.1) is 22.1 Å². The summed E-state index contributed by atoms with van der Waals surface area (Å²) in [6.07, 6.45) is 5.39. The van der Waals surface area contributed by atoms with Crippen LogP contribution in [0.25, 0.3) is 0 Å². The Morgan fingerprint density at radius 1 is 1.35 bits per heavy atom. The average molecular weight is 294 g/mol.